The molecule has 0 atom stereocenters. The van der Waals surface area contributed by atoms with Crippen molar-refractivity contribution in [1.29, 1.82) is 0 Å². The number of hydrogen-bond donors (Lipinski definition) is 0. The van der Waals surface area contributed by atoms with E-state index in [4.69, 9.17) is 11.3 Å². The molecule has 84 valence electrons. The zero-order chi connectivity index (χ0) is 11.8. The number of ether oxygens (including phenoxy) is 1. The molecule has 0 radical (unpaired) electrons. The number of fused-ring (bicyclic) bond motifs is 1. The first kappa shape index (κ1) is 10.3. The van der Waals surface area contributed by atoms with Crippen molar-refractivity contribution in [2.24, 2.45) is 0 Å². The molecule has 17 heavy (non-hydrogen) atoms. The van der Waals surface area contributed by atoms with Gasteiger partial charge >= 0.3 is 0 Å². The molecule has 1 aromatic heterocycles. The van der Waals surface area contributed by atoms with E-state index in [1.165, 1.54) is 6.07 Å². The van der Waals surface area contributed by atoms with Crippen LogP contribution in [-0.4, -0.2) is 6.61 Å². The van der Waals surface area contributed by atoms with E-state index in [1.54, 1.807) is 11.3 Å². The minimum absolute atomic E-state index is 0.0119. The average molecular weight is 245 g/mol. The third-order valence-corrected chi connectivity index (χ3v) is 3.71. The van der Waals surface area contributed by atoms with E-state index in [0.717, 1.165) is 22.4 Å². The third-order valence-electron chi connectivity index (χ3n) is 2.81. The van der Waals surface area contributed by atoms with Gasteiger partial charge in [0.25, 0.3) is 5.69 Å². The van der Waals surface area contributed by atoms with Gasteiger partial charge in [0.15, 0.2) is 0 Å². The Morgan fingerprint density at radius 3 is 3.06 bits per heavy atom. The van der Waals surface area contributed by atoms with Crippen molar-refractivity contribution in [1.82, 2.24) is 0 Å². The van der Waals surface area contributed by atoms with Crippen molar-refractivity contribution < 1.29 is 9.13 Å². The van der Waals surface area contributed by atoms with Crippen LogP contribution < -0.4 is 4.74 Å². The minimum atomic E-state index is -0.496. The first-order valence-electron chi connectivity index (χ1n) is 5.21. The summed E-state index contributed by atoms with van der Waals surface area (Å²) in [4.78, 5) is 4.23. The second-order valence-electron chi connectivity index (χ2n) is 3.75. The SMILES string of the molecule is [C-]#[N+]c1c(F)cc(-c2cccs2)c2c1OCC2. The molecule has 0 saturated carbocycles. The summed E-state index contributed by atoms with van der Waals surface area (Å²) in [5, 5.41) is 1.96. The fraction of sp³-hybridized carbons (Fsp3) is 0.154. The van der Waals surface area contributed by atoms with Crippen molar-refractivity contribution in [3.05, 3.63) is 46.4 Å². The molecule has 0 bridgehead atoms. The van der Waals surface area contributed by atoms with Gasteiger partial charge in [-0.2, -0.15) is 0 Å². The van der Waals surface area contributed by atoms with Gasteiger partial charge in [0.2, 0.25) is 0 Å². The lowest BCUT2D eigenvalue weighted by Gasteiger charge is -2.08. The Kier molecular flexibility index (Phi) is 2.34. The van der Waals surface area contributed by atoms with Gasteiger partial charge in [0, 0.05) is 11.3 Å². The lowest BCUT2D eigenvalue weighted by Crippen LogP contribution is -1.87. The summed E-state index contributed by atoms with van der Waals surface area (Å²) >= 11 is 1.56. The number of hydrogen-bond acceptors (Lipinski definition) is 2. The average Bonchev–Trinajstić information content (AvgIpc) is 2.99. The maximum absolute atomic E-state index is 13.8. The van der Waals surface area contributed by atoms with Gasteiger partial charge in [-0.3, -0.25) is 0 Å². The molecule has 1 aliphatic rings. The van der Waals surface area contributed by atoms with E-state index in [-0.39, 0.29) is 5.69 Å². The molecule has 0 amide bonds. The van der Waals surface area contributed by atoms with E-state index < -0.39 is 5.82 Å². The Morgan fingerprint density at radius 2 is 2.35 bits per heavy atom. The number of benzene rings is 1. The van der Waals surface area contributed by atoms with Gasteiger partial charge in [0.1, 0.15) is 11.6 Å². The van der Waals surface area contributed by atoms with Crippen LogP contribution >= 0.6 is 11.3 Å². The normalized spacial score (nSPS) is 12.9. The van der Waals surface area contributed by atoms with Gasteiger partial charge in [-0.1, -0.05) is 6.07 Å². The monoisotopic (exact) mass is 245 g/mol. The van der Waals surface area contributed by atoms with Gasteiger partial charge < -0.3 is 4.74 Å². The number of rotatable bonds is 1. The van der Waals surface area contributed by atoms with Crippen molar-refractivity contribution >= 4 is 17.0 Å². The van der Waals surface area contributed by atoms with Crippen LogP contribution in [0, 0.1) is 12.4 Å². The highest BCUT2D eigenvalue weighted by molar-refractivity contribution is 7.13. The fourth-order valence-electron chi connectivity index (χ4n) is 2.07. The maximum atomic E-state index is 13.8. The Morgan fingerprint density at radius 1 is 1.47 bits per heavy atom. The highest BCUT2D eigenvalue weighted by Crippen LogP contribution is 2.44. The zero-order valence-electron chi connectivity index (χ0n) is 8.87. The minimum Gasteiger partial charge on any atom is -0.504 e. The summed E-state index contributed by atoms with van der Waals surface area (Å²) in [5.41, 5.74) is 1.83. The van der Waals surface area contributed by atoms with Gasteiger partial charge in [0.05, 0.1) is 13.2 Å². The Bertz CT molecular complexity index is 613. The summed E-state index contributed by atoms with van der Waals surface area (Å²) in [6.45, 7) is 7.53. The van der Waals surface area contributed by atoms with Crippen LogP contribution in [0.2, 0.25) is 0 Å². The summed E-state index contributed by atoms with van der Waals surface area (Å²) in [5.74, 6) is -0.0625. The molecule has 0 saturated heterocycles. The molecule has 4 heteroatoms. The van der Waals surface area contributed by atoms with Crippen LogP contribution in [0.3, 0.4) is 0 Å². The second kappa shape index (κ2) is 3.86. The van der Waals surface area contributed by atoms with E-state index in [0.29, 0.717) is 12.4 Å². The number of halogens is 1. The molecular weight excluding hydrogens is 237 g/mol. The molecule has 3 rings (SSSR count). The van der Waals surface area contributed by atoms with Gasteiger partial charge in [-0.15, -0.1) is 11.3 Å². The van der Waals surface area contributed by atoms with Crippen molar-refractivity contribution in [3.63, 3.8) is 0 Å². The van der Waals surface area contributed by atoms with Crippen LogP contribution in [0.15, 0.2) is 23.6 Å². The zero-order valence-corrected chi connectivity index (χ0v) is 9.68. The summed E-state index contributed by atoms with van der Waals surface area (Å²) in [6.07, 6.45) is 0.741. The standard InChI is InChI=1S/C13H8FNOS/c1-15-12-10(14)7-9(11-3-2-6-17-11)8-4-5-16-13(8)12/h2-3,6-7H,4-5H2. The van der Waals surface area contributed by atoms with Crippen LogP contribution in [-0.2, 0) is 6.42 Å². The van der Waals surface area contributed by atoms with Gasteiger partial charge in [-0.05, 0) is 28.6 Å². The molecule has 0 unspecified atom stereocenters. The summed E-state index contributed by atoms with van der Waals surface area (Å²) in [6, 6.07) is 5.34. The molecular formula is C13H8FNOS. The Labute approximate surface area is 102 Å². The predicted octanol–water partition coefficient (Wildman–Crippen LogP) is 4.04. The lowest BCUT2D eigenvalue weighted by atomic mass is 10.0. The Hall–Kier alpha value is -1.86. The molecule has 2 aromatic rings. The molecule has 0 N–H and O–H groups in total. The van der Waals surface area contributed by atoms with Crippen molar-refractivity contribution in [2.45, 2.75) is 6.42 Å². The van der Waals surface area contributed by atoms with E-state index in [2.05, 4.69) is 4.85 Å². The van der Waals surface area contributed by atoms with Crippen LogP contribution in [0.25, 0.3) is 15.3 Å². The van der Waals surface area contributed by atoms with Crippen LogP contribution in [0.5, 0.6) is 5.75 Å². The lowest BCUT2D eigenvalue weighted by molar-refractivity contribution is 0.357. The first-order valence-corrected chi connectivity index (χ1v) is 6.08. The van der Waals surface area contributed by atoms with E-state index in [9.17, 15) is 4.39 Å². The van der Waals surface area contributed by atoms with Gasteiger partial charge in [-0.25, -0.2) is 9.24 Å². The topological polar surface area (TPSA) is 13.6 Å². The quantitative estimate of drug-likeness (QED) is 0.691. The molecule has 0 fully saturated rings. The predicted molar refractivity (Wildman–Crippen MR) is 65.2 cm³/mol. The van der Waals surface area contributed by atoms with Crippen molar-refractivity contribution in [3.8, 4) is 16.2 Å². The van der Waals surface area contributed by atoms with Crippen LogP contribution in [0.4, 0.5) is 10.1 Å². The fourth-order valence-corrected chi connectivity index (χ4v) is 2.84. The number of thiophene rings is 1. The highest BCUT2D eigenvalue weighted by Gasteiger charge is 2.24. The van der Waals surface area contributed by atoms with E-state index >= 15 is 0 Å². The maximum Gasteiger partial charge on any atom is 0.263 e. The highest BCUT2D eigenvalue weighted by atomic mass is 32.1. The Balaban J connectivity index is 2.29. The molecule has 0 aliphatic carbocycles. The molecule has 0 spiro atoms. The van der Waals surface area contributed by atoms with E-state index in [1.807, 2.05) is 17.5 Å². The largest absolute Gasteiger partial charge is 0.504 e. The first-order chi connectivity index (χ1) is 8.31. The molecule has 2 heterocycles. The van der Waals surface area contributed by atoms with Crippen LogP contribution in [0.1, 0.15) is 5.56 Å². The molecule has 1 aliphatic heterocycles. The number of nitrogens with zero attached hydrogens (tertiary/aromatic N) is 1. The summed E-state index contributed by atoms with van der Waals surface area (Å²) in [7, 11) is 0. The van der Waals surface area contributed by atoms with Crippen molar-refractivity contribution in [2.75, 3.05) is 6.61 Å². The third kappa shape index (κ3) is 1.51. The second-order valence-corrected chi connectivity index (χ2v) is 4.70. The molecule has 2 nitrogen and oxygen atoms in total. The smallest absolute Gasteiger partial charge is 0.263 e. The molecule has 1 aromatic carbocycles. The summed E-state index contributed by atoms with van der Waals surface area (Å²) < 4.78 is 19.2.